The molecule has 0 aliphatic rings. The fourth-order valence-corrected chi connectivity index (χ4v) is 4.86. The van der Waals surface area contributed by atoms with Crippen LogP contribution >= 0.6 is 11.8 Å². The van der Waals surface area contributed by atoms with E-state index in [4.69, 9.17) is 4.74 Å². The SMILES string of the molecule is CSCCC(NC(=O)OC(C)(C)C)C(=O)N(C(C)CCC(C)C)C(C(=O)NCc1ccccc1)c1ccccc1. The molecule has 2 rings (SSSR count). The summed E-state index contributed by atoms with van der Waals surface area (Å²) in [5.74, 6) is 0.547. The van der Waals surface area contributed by atoms with E-state index in [9.17, 15) is 14.4 Å². The summed E-state index contributed by atoms with van der Waals surface area (Å²) in [6.07, 6.45) is 3.35. The van der Waals surface area contributed by atoms with E-state index in [-0.39, 0.29) is 17.9 Å². The monoisotopic (exact) mass is 569 g/mol. The van der Waals surface area contributed by atoms with Crippen LogP contribution in [-0.2, 0) is 20.9 Å². The molecule has 3 unspecified atom stereocenters. The topological polar surface area (TPSA) is 87.7 Å². The Morgan fingerprint density at radius 2 is 1.50 bits per heavy atom. The Morgan fingerprint density at radius 3 is 2.05 bits per heavy atom. The zero-order valence-electron chi connectivity index (χ0n) is 25.1. The van der Waals surface area contributed by atoms with E-state index >= 15 is 0 Å². The lowest BCUT2D eigenvalue weighted by Gasteiger charge is -2.39. The number of amides is 3. The lowest BCUT2D eigenvalue weighted by molar-refractivity contribution is -0.145. The highest BCUT2D eigenvalue weighted by Crippen LogP contribution is 2.28. The maximum absolute atomic E-state index is 14.4. The number of hydrogen-bond acceptors (Lipinski definition) is 5. The number of alkyl carbamates (subject to hydrolysis) is 1. The third-order valence-corrected chi connectivity index (χ3v) is 7.09. The maximum atomic E-state index is 14.4. The van der Waals surface area contributed by atoms with Gasteiger partial charge in [-0.15, -0.1) is 0 Å². The van der Waals surface area contributed by atoms with Gasteiger partial charge in [0.2, 0.25) is 11.8 Å². The van der Waals surface area contributed by atoms with Gasteiger partial charge in [0, 0.05) is 12.6 Å². The highest BCUT2D eigenvalue weighted by Gasteiger charge is 2.38. The normalized spacial score (nSPS) is 13.7. The molecule has 7 nitrogen and oxygen atoms in total. The van der Waals surface area contributed by atoms with E-state index in [1.54, 1.807) is 37.4 Å². The number of carbonyl (C=O) groups excluding carboxylic acids is 3. The minimum absolute atomic E-state index is 0.250. The van der Waals surface area contributed by atoms with Gasteiger partial charge >= 0.3 is 6.09 Å². The molecule has 0 fully saturated rings. The van der Waals surface area contributed by atoms with Crippen molar-refractivity contribution in [2.45, 2.75) is 91.1 Å². The quantitative estimate of drug-likeness (QED) is 0.277. The Balaban J connectivity index is 2.49. The van der Waals surface area contributed by atoms with Gasteiger partial charge in [-0.2, -0.15) is 11.8 Å². The van der Waals surface area contributed by atoms with E-state index in [0.29, 0.717) is 24.6 Å². The van der Waals surface area contributed by atoms with Gasteiger partial charge in [-0.1, -0.05) is 74.5 Å². The van der Waals surface area contributed by atoms with Crippen molar-refractivity contribution < 1.29 is 19.1 Å². The van der Waals surface area contributed by atoms with E-state index in [2.05, 4.69) is 24.5 Å². The standard InChI is InChI=1S/C32H47N3O4S/c1-23(2)18-19-24(3)35(30(37)27(20-21-40-7)34-31(38)39-32(4,5)6)28(26-16-12-9-13-17-26)29(36)33-22-25-14-10-8-11-15-25/h8-17,23-24,27-28H,18-22H2,1-7H3,(H,33,36)(H,34,38). The first-order valence-electron chi connectivity index (χ1n) is 14.1. The van der Waals surface area contributed by atoms with E-state index in [1.165, 1.54) is 0 Å². The smallest absolute Gasteiger partial charge is 0.408 e. The van der Waals surface area contributed by atoms with Crippen LogP contribution in [0.25, 0.3) is 0 Å². The van der Waals surface area contributed by atoms with Gasteiger partial charge in [0.05, 0.1) is 0 Å². The van der Waals surface area contributed by atoms with Crippen LogP contribution in [0.15, 0.2) is 60.7 Å². The van der Waals surface area contributed by atoms with Crippen LogP contribution in [-0.4, -0.2) is 52.5 Å². The second-order valence-corrected chi connectivity index (χ2v) is 12.5. The van der Waals surface area contributed by atoms with Crippen LogP contribution < -0.4 is 10.6 Å². The summed E-state index contributed by atoms with van der Waals surface area (Å²) < 4.78 is 5.49. The van der Waals surface area contributed by atoms with Crippen LogP contribution in [0, 0.1) is 5.92 Å². The van der Waals surface area contributed by atoms with Crippen molar-refractivity contribution in [3.8, 4) is 0 Å². The Kier molecular flexibility index (Phi) is 13.5. The molecule has 0 saturated heterocycles. The van der Waals surface area contributed by atoms with Crippen molar-refractivity contribution in [1.29, 1.82) is 0 Å². The first-order chi connectivity index (χ1) is 18.9. The zero-order chi connectivity index (χ0) is 29.7. The van der Waals surface area contributed by atoms with Gasteiger partial charge in [-0.05, 0) is 76.0 Å². The van der Waals surface area contributed by atoms with E-state index in [0.717, 1.165) is 24.0 Å². The van der Waals surface area contributed by atoms with Crippen LogP contribution in [0.1, 0.15) is 78.0 Å². The highest BCUT2D eigenvalue weighted by molar-refractivity contribution is 7.98. The van der Waals surface area contributed by atoms with Crippen molar-refractivity contribution in [2.75, 3.05) is 12.0 Å². The minimum atomic E-state index is -0.864. The molecular weight excluding hydrogens is 522 g/mol. The van der Waals surface area contributed by atoms with Crippen LogP contribution in [0.3, 0.4) is 0 Å². The van der Waals surface area contributed by atoms with E-state index < -0.39 is 23.8 Å². The number of thioether (sulfide) groups is 1. The van der Waals surface area contributed by atoms with Gasteiger partial charge in [0.15, 0.2) is 0 Å². The maximum Gasteiger partial charge on any atom is 0.408 e. The predicted molar refractivity (Wildman–Crippen MR) is 164 cm³/mol. The van der Waals surface area contributed by atoms with Crippen LogP contribution in [0.5, 0.6) is 0 Å². The number of nitrogens with zero attached hydrogens (tertiary/aromatic N) is 1. The Labute approximate surface area is 244 Å². The number of ether oxygens (including phenoxy) is 1. The van der Waals surface area contributed by atoms with Gasteiger partial charge in [0.25, 0.3) is 0 Å². The molecule has 0 heterocycles. The summed E-state index contributed by atoms with van der Waals surface area (Å²) in [4.78, 5) is 42.8. The predicted octanol–water partition coefficient (Wildman–Crippen LogP) is 6.34. The molecule has 3 amide bonds. The minimum Gasteiger partial charge on any atom is -0.444 e. The third-order valence-electron chi connectivity index (χ3n) is 6.44. The molecule has 8 heteroatoms. The highest BCUT2D eigenvalue weighted by atomic mass is 32.2. The molecule has 0 saturated carbocycles. The molecule has 0 aliphatic heterocycles. The van der Waals surface area contributed by atoms with Gasteiger partial charge < -0.3 is 20.3 Å². The number of carbonyl (C=O) groups is 3. The molecule has 2 N–H and O–H groups in total. The van der Waals surface area contributed by atoms with E-state index in [1.807, 2.05) is 73.8 Å². The average Bonchev–Trinajstić information content (AvgIpc) is 2.91. The Morgan fingerprint density at radius 1 is 0.900 bits per heavy atom. The molecule has 3 atom stereocenters. The molecule has 40 heavy (non-hydrogen) atoms. The second-order valence-electron chi connectivity index (χ2n) is 11.6. The van der Waals surface area contributed by atoms with Crippen molar-refractivity contribution in [3.05, 3.63) is 71.8 Å². The molecule has 2 aromatic carbocycles. The molecule has 0 aromatic heterocycles. The molecule has 2 aromatic rings. The van der Waals surface area contributed by atoms with Crippen molar-refractivity contribution in [2.24, 2.45) is 5.92 Å². The van der Waals surface area contributed by atoms with Gasteiger partial charge in [-0.3, -0.25) is 9.59 Å². The van der Waals surface area contributed by atoms with Gasteiger partial charge in [-0.25, -0.2) is 4.79 Å². The van der Waals surface area contributed by atoms with Crippen molar-refractivity contribution in [3.63, 3.8) is 0 Å². The third kappa shape index (κ3) is 11.2. The molecule has 0 bridgehead atoms. The first-order valence-corrected chi connectivity index (χ1v) is 15.5. The largest absolute Gasteiger partial charge is 0.444 e. The Hall–Kier alpha value is -3.00. The summed E-state index contributed by atoms with van der Waals surface area (Å²) in [6, 6.07) is 17.1. The number of nitrogens with one attached hydrogen (secondary N) is 2. The van der Waals surface area contributed by atoms with Crippen LogP contribution in [0.2, 0.25) is 0 Å². The summed E-state index contributed by atoms with van der Waals surface area (Å²) in [5, 5.41) is 5.87. The molecule has 0 radical (unpaired) electrons. The Bertz CT molecular complexity index is 1060. The number of hydrogen-bond donors (Lipinski definition) is 2. The molecule has 220 valence electrons. The fraction of sp³-hybridized carbons (Fsp3) is 0.531. The summed E-state index contributed by atoms with van der Waals surface area (Å²) in [5.41, 5.74) is 0.988. The summed E-state index contributed by atoms with van der Waals surface area (Å²) in [6.45, 7) is 12.0. The second kappa shape index (κ2) is 16.3. The average molecular weight is 570 g/mol. The van der Waals surface area contributed by atoms with Crippen molar-refractivity contribution >= 4 is 29.7 Å². The summed E-state index contributed by atoms with van der Waals surface area (Å²) >= 11 is 1.60. The molecular formula is C32H47N3O4S. The summed E-state index contributed by atoms with van der Waals surface area (Å²) in [7, 11) is 0. The fourth-order valence-electron chi connectivity index (χ4n) is 4.39. The lowest BCUT2D eigenvalue weighted by atomic mass is 9.97. The zero-order valence-corrected chi connectivity index (χ0v) is 25.9. The van der Waals surface area contributed by atoms with Gasteiger partial charge in [0.1, 0.15) is 17.7 Å². The van der Waals surface area contributed by atoms with Crippen LogP contribution in [0.4, 0.5) is 4.79 Å². The molecule has 0 aliphatic carbocycles. The number of rotatable bonds is 14. The van der Waals surface area contributed by atoms with Crippen molar-refractivity contribution in [1.82, 2.24) is 15.5 Å². The first kappa shape index (κ1) is 33.2. The number of benzene rings is 2. The molecule has 0 spiro atoms. The lowest BCUT2D eigenvalue weighted by Crippen LogP contribution is -2.55.